The van der Waals surface area contributed by atoms with E-state index in [0.717, 1.165) is 41.6 Å². The molecule has 7 nitrogen and oxygen atoms in total. The minimum absolute atomic E-state index is 0.171. The Hall–Kier alpha value is -3.39. The molecule has 0 N–H and O–H groups in total. The highest BCUT2D eigenvalue weighted by atomic mass is 32.2. The first kappa shape index (κ1) is 18.6. The van der Waals surface area contributed by atoms with Crippen LogP contribution >= 0.6 is 0 Å². The molecule has 0 atom stereocenters. The van der Waals surface area contributed by atoms with Crippen molar-refractivity contribution in [1.82, 2.24) is 19.9 Å². The van der Waals surface area contributed by atoms with Crippen molar-refractivity contribution in [2.24, 2.45) is 0 Å². The summed E-state index contributed by atoms with van der Waals surface area (Å²) in [5, 5.41) is 1.13. The Morgan fingerprint density at radius 3 is 2.53 bits per heavy atom. The highest BCUT2D eigenvalue weighted by Crippen LogP contribution is 2.32. The smallest absolute Gasteiger partial charge is 0.177 e. The monoisotopic (exact) mass is 417 g/mol. The van der Waals surface area contributed by atoms with Crippen molar-refractivity contribution >= 4 is 26.4 Å². The number of hydrogen-bond acceptors (Lipinski definition) is 7. The Morgan fingerprint density at radius 1 is 0.933 bits per heavy atom. The van der Waals surface area contributed by atoms with E-state index in [0.29, 0.717) is 17.2 Å². The predicted octanol–water partition coefficient (Wildman–Crippen LogP) is 3.09. The van der Waals surface area contributed by atoms with Crippen LogP contribution in [0.1, 0.15) is 11.6 Å². The largest absolute Gasteiger partial charge is 0.369 e. The predicted molar refractivity (Wildman–Crippen MR) is 115 cm³/mol. The zero-order chi connectivity index (χ0) is 20.7. The van der Waals surface area contributed by atoms with Crippen molar-refractivity contribution in [3.05, 3.63) is 73.1 Å². The molecule has 8 heteroatoms. The van der Waals surface area contributed by atoms with Crippen LogP contribution in [-0.4, -0.2) is 47.7 Å². The van der Waals surface area contributed by atoms with Gasteiger partial charge in [0.2, 0.25) is 0 Å². The van der Waals surface area contributed by atoms with Crippen LogP contribution in [0.15, 0.2) is 72.3 Å². The molecule has 5 rings (SSSR count). The lowest BCUT2D eigenvalue weighted by molar-refractivity contribution is 0.512. The lowest BCUT2D eigenvalue weighted by atomic mass is 9.96. The number of anilines is 1. The Morgan fingerprint density at radius 2 is 1.77 bits per heavy atom. The Bertz CT molecular complexity index is 1330. The van der Waals surface area contributed by atoms with Gasteiger partial charge >= 0.3 is 0 Å². The highest BCUT2D eigenvalue weighted by molar-refractivity contribution is 7.90. The maximum Gasteiger partial charge on any atom is 0.177 e. The van der Waals surface area contributed by atoms with Crippen molar-refractivity contribution in [1.29, 1.82) is 0 Å². The molecule has 0 bridgehead atoms. The highest BCUT2D eigenvalue weighted by Gasteiger charge is 2.30. The van der Waals surface area contributed by atoms with Gasteiger partial charge in [0.15, 0.2) is 9.84 Å². The molecular weight excluding hydrogens is 398 g/mol. The summed E-state index contributed by atoms with van der Waals surface area (Å²) in [6.07, 6.45) is 9.45. The van der Waals surface area contributed by atoms with Crippen LogP contribution in [0.2, 0.25) is 0 Å². The minimum Gasteiger partial charge on any atom is -0.369 e. The first-order valence-corrected chi connectivity index (χ1v) is 11.4. The second-order valence-corrected chi connectivity index (χ2v) is 9.51. The maximum atomic E-state index is 11.7. The molecule has 1 fully saturated rings. The fourth-order valence-corrected chi connectivity index (χ4v) is 4.16. The molecule has 3 aromatic heterocycles. The number of rotatable bonds is 4. The molecule has 150 valence electrons. The van der Waals surface area contributed by atoms with Gasteiger partial charge in [-0.1, -0.05) is 18.2 Å². The summed E-state index contributed by atoms with van der Waals surface area (Å²) in [6.45, 7) is 1.72. The van der Waals surface area contributed by atoms with Gasteiger partial charge in [0.1, 0.15) is 0 Å². The van der Waals surface area contributed by atoms with Crippen LogP contribution in [0.25, 0.3) is 22.2 Å². The number of aromatic nitrogens is 4. The fourth-order valence-electron chi connectivity index (χ4n) is 3.57. The molecular formula is C22H19N5O2S. The van der Waals surface area contributed by atoms with Crippen molar-refractivity contribution < 1.29 is 8.42 Å². The van der Waals surface area contributed by atoms with Gasteiger partial charge in [0, 0.05) is 54.8 Å². The molecule has 1 aliphatic rings. The van der Waals surface area contributed by atoms with Crippen LogP contribution in [0.3, 0.4) is 0 Å². The zero-order valence-corrected chi connectivity index (χ0v) is 17.1. The summed E-state index contributed by atoms with van der Waals surface area (Å²) < 4.78 is 23.5. The van der Waals surface area contributed by atoms with E-state index < -0.39 is 9.84 Å². The van der Waals surface area contributed by atoms with Crippen molar-refractivity contribution in [2.75, 3.05) is 24.2 Å². The van der Waals surface area contributed by atoms with E-state index in [9.17, 15) is 8.42 Å². The number of hydrogen-bond donors (Lipinski definition) is 0. The second-order valence-electron chi connectivity index (χ2n) is 7.50. The van der Waals surface area contributed by atoms with E-state index in [1.165, 1.54) is 6.20 Å². The molecule has 1 saturated heterocycles. The number of pyridine rings is 2. The molecule has 1 aliphatic heterocycles. The Labute approximate surface area is 174 Å². The van der Waals surface area contributed by atoms with E-state index in [-0.39, 0.29) is 4.90 Å². The minimum atomic E-state index is -3.32. The molecule has 0 aliphatic carbocycles. The molecule has 4 heterocycles. The van der Waals surface area contributed by atoms with E-state index in [1.807, 2.05) is 24.4 Å². The number of benzene rings is 1. The van der Waals surface area contributed by atoms with Gasteiger partial charge < -0.3 is 4.90 Å². The van der Waals surface area contributed by atoms with E-state index >= 15 is 0 Å². The molecule has 30 heavy (non-hydrogen) atoms. The molecule has 0 amide bonds. The number of nitrogens with zero attached hydrogens (tertiary/aromatic N) is 5. The van der Waals surface area contributed by atoms with Gasteiger partial charge in [-0.3, -0.25) is 19.9 Å². The summed E-state index contributed by atoms with van der Waals surface area (Å²) in [5.41, 5.74) is 4.27. The van der Waals surface area contributed by atoms with Gasteiger partial charge in [-0.2, -0.15) is 0 Å². The van der Waals surface area contributed by atoms with Crippen LogP contribution in [-0.2, 0) is 9.84 Å². The third-order valence-corrected chi connectivity index (χ3v) is 6.43. The van der Waals surface area contributed by atoms with Crippen LogP contribution in [0, 0.1) is 0 Å². The zero-order valence-electron chi connectivity index (χ0n) is 16.3. The third-order valence-electron chi connectivity index (χ3n) is 5.35. The standard InChI is InChI=1S/C22H19N5O2S/c1-30(28,29)19-7-16(8-23-10-19)21-11-26-22(12-25-21)17-13-27(14-17)18-6-15-4-2-3-5-20(15)24-9-18/h2-12,17H,13-14H2,1H3. The molecule has 0 radical (unpaired) electrons. The number of fused-ring (bicyclic) bond motifs is 1. The average Bonchev–Trinajstić information content (AvgIpc) is 2.73. The Balaban J connectivity index is 1.30. The average molecular weight is 417 g/mol. The van der Waals surface area contributed by atoms with Crippen molar-refractivity contribution in [3.63, 3.8) is 0 Å². The van der Waals surface area contributed by atoms with Crippen molar-refractivity contribution in [2.45, 2.75) is 10.8 Å². The molecule has 4 aromatic rings. The molecule has 0 unspecified atom stereocenters. The SMILES string of the molecule is CS(=O)(=O)c1cncc(-c2cnc(C3CN(c4cnc5ccccc5c4)C3)cn2)c1. The van der Waals surface area contributed by atoms with Gasteiger partial charge in [-0.25, -0.2) is 8.42 Å². The first-order chi connectivity index (χ1) is 14.5. The van der Waals surface area contributed by atoms with Gasteiger partial charge in [0.05, 0.1) is 39.9 Å². The first-order valence-electron chi connectivity index (χ1n) is 9.54. The van der Waals surface area contributed by atoms with E-state index in [2.05, 4.69) is 37.0 Å². The molecule has 0 saturated carbocycles. The van der Waals surface area contributed by atoms with E-state index in [4.69, 9.17) is 0 Å². The van der Waals surface area contributed by atoms with Gasteiger partial charge in [0.25, 0.3) is 0 Å². The summed E-state index contributed by atoms with van der Waals surface area (Å²) >= 11 is 0. The second kappa shape index (κ2) is 7.14. The topological polar surface area (TPSA) is 88.9 Å². The summed E-state index contributed by atoms with van der Waals surface area (Å²) in [6, 6.07) is 11.8. The van der Waals surface area contributed by atoms with Crippen molar-refractivity contribution in [3.8, 4) is 11.3 Å². The quantitative estimate of drug-likeness (QED) is 0.504. The number of sulfone groups is 1. The Kier molecular flexibility index (Phi) is 4.43. The molecule has 1 aromatic carbocycles. The lowest BCUT2D eigenvalue weighted by Gasteiger charge is -2.40. The van der Waals surface area contributed by atoms with Gasteiger partial charge in [-0.15, -0.1) is 0 Å². The lowest BCUT2D eigenvalue weighted by Crippen LogP contribution is -2.45. The van der Waals surface area contributed by atoms with Crippen LogP contribution in [0.5, 0.6) is 0 Å². The summed E-state index contributed by atoms with van der Waals surface area (Å²) in [5.74, 6) is 0.304. The van der Waals surface area contributed by atoms with Gasteiger partial charge in [-0.05, 0) is 18.2 Å². The summed E-state index contributed by atoms with van der Waals surface area (Å²) in [4.78, 5) is 20.0. The molecule has 0 spiro atoms. The normalized spacial score (nSPS) is 14.6. The fraction of sp³-hybridized carbons (Fsp3) is 0.182. The van der Waals surface area contributed by atoms with Crippen LogP contribution in [0.4, 0.5) is 5.69 Å². The maximum absolute atomic E-state index is 11.7. The third kappa shape index (κ3) is 3.50. The van der Waals surface area contributed by atoms with E-state index in [1.54, 1.807) is 24.7 Å². The van der Waals surface area contributed by atoms with Crippen LogP contribution < -0.4 is 4.90 Å². The summed E-state index contributed by atoms with van der Waals surface area (Å²) in [7, 11) is -3.32. The number of para-hydroxylation sites is 1.